The van der Waals surface area contributed by atoms with Crippen molar-refractivity contribution in [1.29, 1.82) is 0 Å². The normalized spacial score (nSPS) is 12.4. The zero-order valence-electron chi connectivity index (χ0n) is 18.2. The first-order chi connectivity index (χ1) is 15.0. The summed E-state index contributed by atoms with van der Waals surface area (Å²) in [5, 5.41) is 15.1. The summed E-state index contributed by atoms with van der Waals surface area (Å²) in [5.41, 5.74) is 2.88. The molecule has 0 aliphatic rings. The van der Waals surface area contributed by atoms with Gasteiger partial charge in [-0.1, -0.05) is 17.7 Å². The van der Waals surface area contributed by atoms with Gasteiger partial charge in [0.2, 0.25) is 10.0 Å². The van der Waals surface area contributed by atoms with Crippen LogP contribution in [-0.4, -0.2) is 61.5 Å². The Kier molecular flexibility index (Phi) is 8.79. The van der Waals surface area contributed by atoms with Gasteiger partial charge in [-0.3, -0.25) is 4.68 Å². The molecule has 0 saturated carbocycles. The van der Waals surface area contributed by atoms with E-state index in [4.69, 9.17) is 21.4 Å². The maximum atomic E-state index is 14.2. The lowest BCUT2D eigenvalue weighted by molar-refractivity contribution is 0.176. The van der Waals surface area contributed by atoms with E-state index in [1.54, 1.807) is 19.1 Å². The lowest BCUT2D eigenvalue weighted by atomic mass is 10.0. The van der Waals surface area contributed by atoms with E-state index in [-0.39, 0.29) is 29.6 Å². The number of amides is 1. The molecule has 12 heteroatoms. The summed E-state index contributed by atoms with van der Waals surface area (Å²) in [6, 6.07) is 4.72. The highest BCUT2D eigenvalue weighted by Crippen LogP contribution is 2.27. The van der Waals surface area contributed by atoms with Crippen molar-refractivity contribution in [1.82, 2.24) is 19.4 Å². The minimum absolute atomic E-state index is 0.0135. The molecule has 0 fully saturated rings. The van der Waals surface area contributed by atoms with Crippen LogP contribution in [0.4, 0.5) is 9.18 Å². The number of hydrogen-bond donors (Lipinski definition) is 2. The number of nitrogens with one attached hydrogen (secondary N) is 1. The van der Waals surface area contributed by atoms with Crippen LogP contribution >= 0.6 is 11.6 Å². The van der Waals surface area contributed by atoms with Gasteiger partial charge in [-0.25, -0.2) is 21.9 Å². The highest BCUT2D eigenvalue weighted by atomic mass is 35.5. The van der Waals surface area contributed by atoms with Gasteiger partial charge in [0, 0.05) is 39.7 Å². The minimum Gasteiger partial charge on any atom is -0.465 e. The molecule has 0 saturated heterocycles. The molecular weight excluding hydrogens is 463 g/mol. The molecule has 32 heavy (non-hydrogen) atoms. The molecule has 176 valence electrons. The van der Waals surface area contributed by atoms with Crippen molar-refractivity contribution in [3.8, 4) is 0 Å². The molecule has 0 atom stereocenters. The molecule has 0 aliphatic heterocycles. The second kappa shape index (κ2) is 10.9. The van der Waals surface area contributed by atoms with E-state index in [1.807, 2.05) is 0 Å². The van der Waals surface area contributed by atoms with Crippen LogP contribution in [0, 0.1) is 6.92 Å². The van der Waals surface area contributed by atoms with E-state index in [2.05, 4.69) is 10.4 Å². The number of ether oxygens (including phenoxy) is 1. The van der Waals surface area contributed by atoms with Gasteiger partial charge in [0.1, 0.15) is 10.7 Å². The molecule has 1 aromatic carbocycles. The number of hydrogen-bond acceptors (Lipinski definition) is 5. The van der Waals surface area contributed by atoms with Crippen LogP contribution in [0.3, 0.4) is 0 Å². The standard InChI is InChI=1S/C20H26ClFN4O5S/c1-13-16(9-14-5-6-19(17(21)10-14)32(29,30)25(2)3)18(12-31-4)26(24-13)11-15(22)7-8-23-20(27)28/h5-7,10,23H,8-9,11-12H2,1-4H3,(H,27,28). The second-order valence-corrected chi connectivity index (χ2v) is 9.69. The fourth-order valence-electron chi connectivity index (χ4n) is 3.05. The quantitative estimate of drug-likeness (QED) is 0.531. The van der Waals surface area contributed by atoms with E-state index in [9.17, 15) is 17.6 Å². The summed E-state index contributed by atoms with van der Waals surface area (Å²) in [6.07, 6.45) is 0.276. The molecule has 2 aromatic rings. The summed E-state index contributed by atoms with van der Waals surface area (Å²) in [7, 11) is 0.702. The first-order valence-corrected chi connectivity index (χ1v) is 11.4. The average Bonchev–Trinajstić information content (AvgIpc) is 2.96. The molecule has 2 rings (SSSR count). The Bertz CT molecular complexity index is 1120. The van der Waals surface area contributed by atoms with Crippen molar-refractivity contribution >= 4 is 27.7 Å². The Balaban J connectivity index is 2.32. The van der Waals surface area contributed by atoms with Crippen molar-refractivity contribution in [2.75, 3.05) is 27.7 Å². The Hall–Kier alpha value is -2.47. The molecule has 0 radical (unpaired) electrons. The number of halogens is 2. The van der Waals surface area contributed by atoms with Gasteiger partial charge in [0.25, 0.3) is 0 Å². The predicted molar refractivity (Wildman–Crippen MR) is 118 cm³/mol. The summed E-state index contributed by atoms with van der Waals surface area (Å²) in [5.74, 6) is -0.550. The van der Waals surface area contributed by atoms with Crippen molar-refractivity contribution in [2.45, 2.75) is 31.4 Å². The second-order valence-electron chi connectivity index (χ2n) is 7.17. The number of carboxylic acid groups (broad SMARTS) is 1. The van der Waals surface area contributed by atoms with Gasteiger partial charge in [-0.15, -0.1) is 0 Å². The van der Waals surface area contributed by atoms with Crippen molar-refractivity contribution in [3.63, 3.8) is 0 Å². The van der Waals surface area contributed by atoms with Crippen LogP contribution in [0.15, 0.2) is 35.0 Å². The third-order valence-corrected chi connectivity index (χ3v) is 6.96. The lowest BCUT2D eigenvalue weighted by Gasteiger charge is -2.14. The Morgan fingerprint density at radius 2 is 2.09 bits per heavy atom. The van der Waals surface area contributed by atoms with Crippen molar-refractivity contribution in [3.05, 3.63) is 57.6 Å². The highest BCUT2D eigenvalue weighted by Gasteiger charge is 2.22. The van der Waals surface area contributed by atoms with E-state index >= 15 is 0 Å². The largest absolute Gasteiger partial charge is 0.465 e. The number of aryl methyl sites for hydroxylation is 1. The molecule has 9 nitrogen and oxygen atoms in total. The molecule has 2 N–H and O–H groups in total. The first kappa shape index (κ1) is 25.8. The molecule has 0 spiro atoms. The molecule has 0 unspecified atom stereocenters. The Labute approximate surface area is 191 Å². The molecular formula is C20H26ClFN4O5S. The summed E-state index contributed by atoms with van der Waals surface area (Å²) < 4.78 is 46.8. The topological polar surface area (TPSA) is 114 Å². The number of rotatable bonds is 10. The lowest BCUT2D eigenvalue weighted by Crippen LogP contribution is -2.22. The Morgan fingerprint density at radius 1 is 1.41 bits per heavy atom. The zero-order chi connectivity index (χ0) is 24.1. The number of methoxy groups -OCH3 is 1. The van der Waals surface area contributed by atoms with Crippen LogP contribution in [-0.2, 0) is 34.3 Å². The van der Waals surface area contributed by atoms with Crippen LogP contribution in [0.25, 0.3) is 0 Å². The van der Waals surface area contributed by atoms with Crippen LogP contribution in [0.1, 0.15) is 22.5 Å². The Morgan fingerprint density at radius 3 is 2.66 bits per heavy atom. The highest BCUT2D eigenvalue weighted by molar-refractivity contribution is 7.89. The SMILES string of the molecule is COCc1c(Cc2ccc(S(=O)(=O)N(C)C)c(Cl)c2)c(C)nn1CC(F)=CCNC(=O)O. The molecule has 1 heterocycles. The van der Waals surface area contributed by atoms with E-state index < -0.39 is 21.9 Å². The summed E-state index contributed by atoms with van der Waals surface area (Å²) in [4.78, 5) is 10.5. The van der Waals surface area contributed by atoms with Gasteiger partial charge < -0.3 is 15.2 Å². The monoisotopic (exact) mass is 488 g/mol. The number of aromatic nitrogens is 2. The van der Waals surface area contributed by atoms with Gasteiger partial charge in [0.15, 0.2) is 0 Å². The van der Waals surface area contributed by atoms with Gasteiger partial charge >= 0.3 is 6.09 Å². The van der Waals surface area contributed by atoms with Gasteiger partial charge in [-0.05, 0) is 30.7 Å². The zero-order valence-corrected chi connectivity index (χ0v) is 19.8. The van der Waals surface area contributed by atoms with Crippen LogP contribution in [0.5, 0.6) is 0 Å². The van der Waals surface area contributed by atoms with Crippen LogP contribution < -0.4 is 5.32 Å². The number of allylic oxidation sites excluding steroid dienone is 1. The maximum absolute atomic E-state index is 14.2. The first-order valence-electron chi connectivity index (χ1n) is 9.53. The smallest absolute Gasteiger partial charge is 0.404 e. The number of carbonyl (C=O) groups is 1. The van der Waals surface area contributed by atoms with E-state index in [0.717, 1.165) is 21.5 Å². The maximum Gasteiger partial charge on any atom is 0.404 e. The van der Waals surface area contributed by atoms with Crippen molar-refractivity contribution < 1.29 is 27.4 Å². The number of sulfonamides is 1. The minimum atomic E-state index is -3.67. The molecule has 0 bridgehead atoms. The van der Waals surface area contributed by atoms with E-state index in [1.165, 1.54) is 32.0 Å². The molecule has 1 aromatic heterocycles. The number of benzene rings is 1. The average molecular weight is 489 g/mol. The fourth-order valence-corrected chi connectivity index (χ4v) is 4.48. The third-order valence-electron chi connectivity index (χ3n) is 4.66. The number of nitrogens with zero attached hydrogens (tertiary/aromatic N) is 3. The van der Waals surface area contributed by atoms with Gasteiger partial charge in [-0.2, -0.15) is 5.10 Å². The molecule has 0 aliphatic carbocycles. The van der Waals surface area contributed by atoms with E-state index in [0.29, 0.717) is 17.8 Å². The predicted octanol–water partition coefficient (Wildman–Crippen LogP) is 2.95. The summed E-state index contributed by atoms with van der Waals surface area (Å²) in [6.45, 7) is 1.62. The summed E-state index contributed by atoms with van der Waals surface area (Å²) >= 11 is 6.25. The van der Waals surface area contributed by atoms with Crippen LogP contribution in [0.2, 0.25) is 5.02 Å². The van der Waals surface area contributed by atoms with Crippen molar-refractivity contribution in [2.24, 2.45) is 0 Å². The third kappa shape index (κ3) is 6.28. The van der Waals surface area contributed by atoms with Gasteiger partial charge in [0.05, 0.1) is 29.6 Å². The molecule has 1 amide bonds. The fraction of sp³-hybridized carbons (Fsp3) is 0.400.